The van der Waals surface area contributed by atoms with E-state index in [9.17, 15) is 0 Å². The minimum atomic E-state index is -0.0499. The fraction of sp³-hybridized carbons (Fsp3) is 0.231. The number of thiophene rings is 1. The molecule has 1 unspecified atom stereocenters. The molecule has 0 saturated carbocycles. The van der Waals surface area contributed by atoms with Crippen molar-refractivity contribution in [2.75, 3.05) is 0 Å². The third-order valence-electron chi connectivity index (χ3n) is 2.61. The van der Waals surface area contributed by atoms with E-state index in [4.69, 9.17) is 28.9 Å². The predicted octanol–water partition coefficient (Wildman–Crippen LogP) is 4.61. The lowest BCUT2D eigenvalue weighted by Crippen LogP contribution is -2.12. The Morgan fingerprint density at radius 2 is 1.82 bits per heavy atom. The molecule has 1 aromatic heterocycles. The Kier molecular flexibility index (Phi) is 4.10. The van der Waals surface area contributed by atoms with Crippen LogP contribution in [0.1, 0.15) is 21.4 Å². The molecule has 0 fully saturated rings. The highest BCUT2D eigenvalue weighted by molar-refractivity contribution is 7.12. The van der Waals surface area contributed by atoms with Crippen LogP contribution >= 0.6 is 34.5 Å². The van der Waals surface area contributed by atoms with Crippen molar-refractivity contribution in [3.05, 3.63) is 55.7 Å². The topological polar surface area (TPSA) is 26.0 Å². The first-order valence-corrected chi connectivity index (χ1v) is 6.90. The number of hydrogen-bond acceptors (Lipinski definition) is 2. The molecule has 0 aliphatic carbocycles. The Morgan fingerprint density at radius 3 is 2.35 bits per heavy atom. The summed E-state index contributed by atoms with van der Waals surface area (Å²) in [6.07, 6.45) is 0.665. The molecule has 2 N–H and O–H groups in total. The molecule has 1 aromatic carbocycles. The van der Waals surface area contributed by atoms with Crippen molar-refractivity contribution in [3.63, 3.8) is 0 Å². The Morgan fingerprint density at radius 1 is 1.18 bits per heavy atom. The van der Waals surface area contributed by atoms with Gasteiger partial charge in [-0.2, -0.15) is 0 Å². The van der Waals surface area contributed by atoms with Gasteiger partial charge < -0.3 is 5.73 Å². The Bertz CT molecular complexity index is 502. The smallest absolute Gasteiger partial charge is 0.0453 e. The van der Waals surface area contributed by atoms with Crippen molar-refractivity contribution in [2.45, 2.75) is 19.4 Å². The van der Waals surface area contributed by atoms with Gasteiger partial charge in [0.25, 0.3) is 0 Å². The van der Waals surface area contributed by atoms with Crippen LogP contribution in [0.5, 0.6) is 0 Å². The summed E-state index contributed by atoms with van der Waals surface area (Å²) < 4.78 is 0. The SMILES string of the molecule is Cc1ccc(C(N)Cc2c(Cl)cccc2Cl)s1. The fourth-order valence-corrected chi connectivity index (χ4v) is 3.13. The minimum Gasteiger partial charge on any atom is -0.323 e. The van der Waals surface area contributed by atoms with E-state index in [1.807, 2.05) is 18.2 Å². The summed E-state index contributed by atoms with van der Waals surface area (Å²) in [7, 11) is 0. The Balaban J connectivity index is 2.21. The second-order valence-corrected chi connectivity index (χ2v) is 6.09. The monoisotopic (exact) mass is 285 g/mol. The normalized spacial score (nSPS) is 12.7. The van der Waals surface area contributed by atoms with Crippen molar-refractivity contribution >= 4 is 34.5 Å². The van der Waals surface area contributed by atoms with Crippen molar-refractivity contribution in [3.8, 4) is 0 Å². The van der Waals surface area contributed by atoms with Crippen LogP contribution in [0, 0.1) is 6.92 Å². The molecule has 0 amide bonds. The second-order valence-electron chi connectivity index (χ2n) is 3.96. The van der Waals surface area contributed by atoms with Gasteiger partial charge in [-0.3, -0.25) is 0 Å². The van der Waals surface area contributed by atoms with Gasteiger partial charge in [-0.15, -0.1) is 11.3 Å². The van der Waals surface area contributed by atoms with Gasteiger partial charge in [0.05, 0.1) is 0 Å². The molecule has 4 heteroatoms. The number of halogens is 2. The zero-order chi connectivity index (χ0) is 12.4. The summed E-state index contributed by atoms with van der Waals surface area (Å²) in [4.78, 5) is 2.43. The van der Waals surface area contributed by atoms with Crippen molar-refractivity contribution in [1.82, 2.24) is 0 Å². The zero-order valence-corrected chi connectivity index (χ0v) is 11.7. The molecule has 90 valence electrons. The van der Waals surface area contributed by atoms with Crippen LogP contribution in [-0.4, -0.2) is 0 Å². The summed E-state index contributed by atoms with van der Waals surface area (Å²) in [6.45, 7) is 2.07. The lowest BCUT2D eigenvalue weighted by Gasteiger charge is -2.12. The Labute approximate surface area is 115 Å². The highest BCUT2D eigenvalue weighted by Gasteiger charge is 2.13. The molecular formula is C13H13Cl2NS. The third kappa shape index (κ3) is 3.02. The summed E-state index contributed by atoms with van der Waals surface area (Å²) in [5.74, 6) is 0. The zero-order valence-electron chi connectivity index (χ0n) is 9.41. The van der Waals surface area contributed by atoms with Gasteiger partial charge >= 0.3 is 0 Å². The van der Waals surface area contributed by atoms with E-state index in [1.165, 1.54) is 9.75 Å². The van der Waals surface area contributed by atoms with Gasteiger partial charge in [-0.25, -0.2) is 0 Å². The highest BCUT2D eigenvalue weighted by Crippen LogP contribution is 2.30. The molecule has 0 bridgehead atoms. The molecule has 0 aliphatic rings. The summed E-state index contributed by atoms with van der Waals surface area (Å²) in [5.41, 5.74) is 7.10. The quantitative estimate of drug-likeness (QED) is 0.876. The third-order valence-corrected chi connectivity index (χ3v) is 4.45. The highest BCUT2D eigenvalue weighted by atomic mass is 35.5. The molecule has 0 saturated heterocycles. The lowest BCUT2D eigenvalue weighted by atomic mass is 10.1. The van der Waals surface area contributed by atoms with E-state index in [-0.39, 0.29) is 6.04 Å². The van der Waals surface area contributed by atoms with Gasteiger partial charge in [0.2, 0.25) is 0 Å². The van der Waals surface area contributed by atoms with Crippen LogP contribution in [0.4, 0.5) is 0 Å². The minimum absolute atomic E-state index is 0.0499. The summed E-state index contributed by atoms with van der Waals surface area (Å²) in [5, 5.41) is 1.36. The molecule has 1 heterocycles. The molecular weight excluding hydrogens is 273 g/mol. The molecule has 0 spiro atoms. The number of nitrogens with two attached hydrogens (primary N) is 1. The van der Waals surface area contributed by atoms with E-state index in [1.54, 1.807) is 11.3 Å². The second kappa shape index (κ2) is 5.40. The first kappa shape index (κ1) is 12.9. The van der Waals surface area contributed by atoms with E-state index in [0.29, 0.717) is 16.5 Å². The maximum atomic E-state index is 6.17. The van der Waals surface area contributed by atoms with Crippen LogP contribution < -0.4 is 5.73 Å². The molecule has 1 nitrogen and oxygen atoms in total. The van der Waals surface area contributed by atoms with Gasteiger partial charge in [0, 0.05) is 25.8 Å². The van der Waals surface area contributed by atoms with E-state index in [2.05, 4.69) is 19.1 Å². The van der Waals surface area contributed by atoms with Crippen LogP contribution in [0.25, 0.3) is 0 Å². The first-order chi connectivity index (χ1) is 8.08. The number of rotatable bonds is 3. The lowest BCUT2D eigenvalue weighted by molar-refractivity contribution is 0.737. The van der Waals surface area contributed by atoms with E-state index < -0.39 is 0 Å². The number of hydrogen-bond donors (Lipinski definition) is 1. The van der Waals surface area contributed by atoms with Gasteiger partial charge in [0.15, 0.2) is 0 Å². The van der Waals surface area contributed by atoms with E-state index >= 15 is 0 Å². The molecule has 2 rings (SSSR count). The van der Waals surface area contributed by atoms with Crippen LogP contribution in [0.2, 0.25) is 10.0 Å². The summed E-state index contributed by atoms with van der Waals surface area (Å²) >= 11 is 14.0. The number of aryl methyl sites for hydroxylation is 1. The number of benzene rings is 1. The molecule has 17 heavy (non-hydrogen) atoms. The molecule has 1 atom stereocenters. The van der Waals surface area contributed by atoms with Crippen LogP contribution in [0.15, 0.2) is 30.3 Å². The van der Waals surface area contributed by atoms with E-state index in [0.717, 1.165) is 5.56 Å². The largest absolute Gasteiger partial charge is 0.323 e. The standard InChI is InChI=1S/C13H13Cl2NS/c1-8-5-6-13(17-8)12(16)7-9-10(14)3-2-4-11(9)15/h2-6,12H,7,16H2,1H3. The molecule has 2 aromatic rings. The molecule has 0 aliphatic heterocycles. The van der Waals surface area contributed by atoms with Gasteiger partial charge in [-0.05, 0) is 43.2 Å². The molecule has 0 radical (unpaired) electrons. The van der Waals surface area contributed by atoms with Gasteiger partial charge in [-0.1, -0.05) is 29.3 Å². The maximum Gasteiger partial charge on any atom is 0.0453 e. The van der Waals surface area contributed by atoms with Crippen molar-refractivity contribution in [2.24, 2.45) is 5.73 Å². The maximum absolute atomic E-state index is 6.17. The van der Waals surface area contributed by atoms with Crippen LogP contribution in [-0.2, 0) is 6.42 Å². The average Bonchev–Trinajstić information content (AvgIpc) is 2.70. The first-order valence-electron chi connectivity index (χ1n) is 5.32. The van der Waals surface area contributed by atoms with Crippen molar-refractivity contribution < 1.29 is 0 Å². The predicted molar refractivity (Wildman–Crippen MR) is 76.2 cm³/mol. The van der Waals surface area contributed by atoms with Crippen molar-refractivity contribution in [1.29, 1.82) is 0 Å². The Hall–Kier alpha value is -0.540. The average molecular weight is 286 g/mol. The van der Waals surface area contributed by atoms with Gasteiger partial charge in [0.1, 0.15) is 0 Å². The van der Waals surface area contributed by atoms with Crippen LogP contribution in [0.3, 0.4) is 0 Å². The fourth-order valence-electron chi connectivity index (χ4n) is 1.70. The summed E-state index contributed by atoms with van der Waals surface area (Å²) in [6, 6.07) is 9.62.